The normalized spacial score (nSPS) is 23.7. The third kappa shape index (κ3) is 3.46. The number of piperidine rings is 1. The maximum Gasteiger partial charge on any atom is 0.348 e. The van der Waals surface area contributed by atoms with E-state index in [1.165, 1.54) is 0 Å². The monoisotopic (exact) mass is 419 g/mol. The molecule has 0 bridgehead atoms. The molecule has 1 saturated heterocycles. The summed E-state index contributed by atoms with van der Waals surface area (Å²) in [5.74, 6) is -0.583. The maximum atomic E-state index is 13.4. The smallest absolute Gasteiger partial charge is 0.348 e. The number of aromatic nitrogens is 1. The SMILES string of the molecule is C[N+]1(CCc2ccon2)CCC[C@@H](OC(=O)C2(O)c3ccccc3-c3ccccc32)C1. The number of carbonyl (C=O) groups excluding carboxylic acids is 1. The number of benzene rings is 2. The van der Waals surface area contributed by atoms with E-state index < -0.39 is 11.6 Å². The molecule has 0 saturated carbocycles. The molecule has 1 aliphatic heterocycles. The van der Waals surface area contributed by atoms with Crippen LogP contribution in [0.15, 0.2) is 65.4 Å². The molecule has 31 heavy (non-hydrogen) atoms. The standard InChI is InChI=1S/C25H27N2O4/c1-27(15-12-18-13-16-30-26-18)14-6-7-19(17-27)31-24(28)25(29)22-10-4-2-8-20(22)21-9-3-5-11-23(21)25/h2-5,8-11,13,16,19,29H,6-7,12,14-15,17H2,1H3/q+1/t19-,27?/m1/s1. The lowest BCUT2D eigenvalue weighted by atomic mass is 9.91. The number of esters is 1. The Hall–Kier alpha value is -2.96. The highest BCUT2D eigenvalue weighted by Gasteiger charge is 2.50. The third-order valence-corrected chi connectivity index (χ3v) is 6.76. The molecule has 6 nitrogen and oxygen atoms in total. The second-order valence-electron chi connectivity index (χ2n) is 8.96. The van der Waals surface area contributed by atoms with E-state index in [-0.39, 0.29) is 6.10 Å². The van der Waals surface area contributed by atoms with Crippen LogP contribution in [0.2, 0.25) is 0 Å². The Morgan fingerprint density at radius 1 is 1.16 bits per heavy atom. The molecule has 1 unspecified atom stereocenters. The fraction of sp³-hybridized carbons (Fsp3) is 0.360. The molecule has 5 rings (SSSR count). The van der Waals surface area contributed by atoms with E-state index in [2.05, 4.69) is 12.2 Å². The van der Waals surface area contributed by atoms with Gasteiger partial charge in [0.1, 0.15) is 12.8 Å². The van der Waals surface area contributed by atoms with Crippen molar-refractivity contribution in [1.29, 1.82) is 0 Å². The van der Waals surface area contributed by atoms with E-state index >= 15 is 0 Å². The van der Waals surface area contributed by atoms with Gasteiger partial charge >= 0.3 is 5.97 Å². The molecule has 1 fully saturated rings. The number of carbonyl (C=O) groups is 1. The first-order chi connectivity index (χ1) is 15.0. The van der Waals surface area contributed by atoms with Crippen LogP contribution in [0, 0.1) is 0 Å². The molecule has 2 heterocycles. The maximum absolute atomic E-state index is 13.4. The number of hydrogen-bond acceptors (Lipinski definition) is 5. The minimum absolute atomic E-state index is 0.229. The Morgan fingerprint density at radius 2 is 1.84 bits per heavy atom. The van der Waals surface area contributed by atoms with E-state index in [0.29, 0.717) is 11.1 Å². The lowest BCUT2D eigenvalue weighted by molar-refractivity contribution is -0.916. The molecule has 160 valence electrons. The summed E-state index contributed by atoms with van der Waals surface area (Å²) in [5, 5.41) is 15.7. The van der Waals surface area contributed by atoms with Gasteiger partial charge in [-0.05, 0) is 17.5 Å². The van der Waals surface area contributed by atoms with Gasteiger partial charge in [-0.15, -0.1) is 0 Å². The number of nitrogens with zero attached hydrogens (tertiary/aromatic N) is 2. The Balaban J connectivity index is 1.35. The molecule has 1 aromatic heterocycles. The Bertz CT molecular complexity index is 1050. The van der Waals surface area contributed by atoms with Gasteiger partial charge in [0.15, 0.2) is 6.10 Å². The van der Waals surface area contributed by atoms with Crippen molar-refractivity contribution < 1.29 is 23.6 Å². The quantitative estimate of drug-likeness (QED) is 0.508. The highest BCUT2D eigenvalue weighted by molar-refractivity contribution is 5.96. The molecule has 2 aromatic carbocycles. The lowest BCUT2D eigenvalue weighted by Gasteiger charge is -2.41. The number of ether oxygens (including phenoxy) is 1. The lowest BCUT2D eigenvalue weighted by Crippen LogP contribution is -2.55. The number of rotatable bonds is 5. The van der Waals surface area contributed by atoms with Gasteiger partial charge < -0.3 is 18.8 Å². The molecule has 2 atom stereocenters. The van der Waals surface area contributed by atoms with Crippen molar-refractivity contribution in [3.8, 4) is 11.1 Å². The largest absolute Gasteiger partial charge is 0.454 e. The van der Waals surface area contributed by atoms with Crippen LogP contribution < -0.4 is 0 Å². The highest BCUT2D eigenvalue weighted by Crippen LogP contribution is 2.48. The van der Waals surface area contributed by atoms with E-state index in [9.17, 15) is 9.90 Å². The van der Waals surface area contributed by atoms with Crippen molar-refractivity contribution >= 4 is 5.97 Å². The predicted octanol–water partition coefficient (Wildman–Crippen LogP) is 3.29. The molecule has 3 aromatic rings. The topological polar surface area (TPSA) is 72.6 Å². The first kappa shape index (κ1) is 20.0. The number of aliphatic hydroxyl groups is 1. The molecule has 0 radical (unpaired) electrons. The van der Waals surface area contributed by atoms with Crippen LogP contribution in [0.5, 0.6) is 0 Å². The van der Waals surface area contributed by atoms with Crippen molar-refractivity contribution in [2.45, 2.75) is 31.0 Å². The summed E-state index contributed by atoms with van der Waals surface area (Å²) in [6.07, 6.45) is 3.96. The van der Waals surface area contributed by atoms with E-state index in [4.69, 9.17) is 9.26 Å². The predicted molar refractivity (Wildman–Crippen MR) is 115 cm³/mol. The van der Waals surface area contributed by atoms with Gasteiger partial charge in [0.05, 0.1) is 25.8 Å². The van der Waals surface area contributed by atoms with E-state index in [0.717, 1.165) is 60.2 Å². The van der Waals surface area contributed by atoms with Gasteiger partial charge in [0.25, 0.3) is 0 Å². The Labute approximate surface area is 181 Å². The summed E-state index contributed by atoms with van der Waals surface area (Å²) in [6, 6.07) is 16.9. The molecule has 0 amide bonds. The van der Waals surface area contributed by atoms with Crippen LogP contribution in [0.3, 0.4) is 0 Å². The van der Waals surface area contributed by atoms with Crippen molar-refractivity contribution in [3.63, 3.8) is 0 Å². The zero-order valence-corrected chi connectivity index (χ0v) is 17.7. The van der Waals surface area contributed by atoms with Crippen molar-refractivity contribution in [3.05, 3.63) is 77.7 Å². The Morgan fingerprint density at radius 3 is 2.48 bits per heavy atom. The zero-order chi connectivity index (χ0) is 21.5. The van der Waals surface area contributed by atoms with E-state index in [1.807, 2.05) is 54.6 Å². The molecule has 6 heteroatoms. The summed E-state index contributed by atoms with van der Waals surface area (Å²) < 4.78 is 11.7. The van der Waals surface area contributed by atoms with Gasteiger partial charge in [-0.3, -0.25) is 0 Å². The van der Waals surface area contributed by atoms with Gasteiger partial charge in [-0.2, -0.15) is 0 Å². The molecular weight excluding hydrogens is 392 g/mol. The Kier molecular flexibility index (Phi) is 4.91. The summed E-state index contributed by atoms with van der Waals surface area (Å²) in [7, 11) is 2.19. The average molecular weight is 420 g/mol. The summed E-state index contributed by atoms with van der Waals surface area (Å²) >= 11 is 0. The summed E-state index contributed by atoms with van der Waals surface area (Å²) in [6.45, 7) is 2.65. The van der Waals surface area contributed by atoms with Gasteiger partial charge in [-0.1, -0.05) is 53.7 Å². The van der Waals surface area contributed by atoms with Gasteiger partial charge in [-0.25, -0.2) is 4.79 Å². The fourth-order valence-electron chi connectivity index (χ4n) is 5.09. The van der Waals surface area contributed by atoms with Crippen LogP contribution in [0.25, 0.3) is 11.1 Å². The van der Waals surface area contributed by atoms with Crippen LogP contribution in [0.1, 0.15) is 29.7 Å². The molecule has 1 aliphatic carbocycles. The minimum atomic E-state index is -1.77. The highest BCUT2D eigenvalue weighted by atomic mass is 16.6. The van der Waals surface area contributed by atoms with Crippen LogP contribution >= 0.6 is 0 Å². The second-order valence-corrected chi connectivity index (χ2v) is 8.96. The zero-order valence-electron chi connectivity index (χ0n) is 17.7. The molecule has 1 N–H and O–H groups in total. The fourth-order valence-corrected chi connectivity index (χ4v) is 5.09. The van der Waals surface area contributed by atoms with Crippen LogP contribution in [-0.4, -0.2) is 53.5 Å². The first-order valence-electron chi connectivity index (χ1n) is 10.9. The van der Waals surface area contributed by atoms with E-state index in [1.54, 1.807) is 6.26 Å². The van der Waals surface area contributed by atoms with Crippen molar-refractivity contribution in [1.82, 2.24) is 5.16 Å². The number of hydrogen-bond donors (Lipinski definition) is 1. The third-order valence-electron chi connectivity index (χ3n) is 6.76. The van der Waals surface area contributed by atoms with Crippen LogP contribution in [-0.2, 0) is 21.6 Å². The van der Waals surface area contributed by atoms with Gasteiger partial charge in [0, 0.05) is 30.0 Å². The minimum Gasteiger partial charge on any atom is -0.454 e. The second kappa shape index (κ2) is 7.62. The number of likely N-dealkylation sites (N-methyl/N-ethyl adjacent to an activating group) is 1. The first-order valence-corrected chi connectivity index (χ1v) is 10.9. The summed E-state index contributed by atoms with van der Waals surface area (Å²) in [5.41, 5.74) is 2.13. The van der Waals surface area contributed by atoms with Crippen LogP contribution in [0.4, 0.5) is 0 Å². The average Bonchev–Trinajstić information content (AvgIpc) is 3.39. The number of quaternary nitrogens is 1. The van der Waals surface area contributed by atoms with Crippen molar-refractivity contribution in [2.75, 3.05) is 26.7 Å². The van der Waals surface area contributed by atoms with Crippen molar-refractivity contribution in [2.24, 2.45) is 0 Å². The van der Waals surface area contributed by atoms with Gasteiger partial charge in [0.2, 0.25) is 5.60 Å². The molecule has 0 spiro atoms. The summed E-state index contributed by atoms with van der Waals surface area (Å²) in [4.78, 5) is 13.4. The number of likely N-dealkylation sites (tertiary alicyclic amines) is 1. The number of fused-ring (bicyclic) bond motifs is 3. The molecule has 2 aliphatic rings. The molecular formula is C25H27N2O4+.